The highest BCUT2D eigenvalue weighted by Gasteiger charge is 2.31. The minimum absolute atomic E-state index is 0.0508. The van der Waals surface area contributed by atoms with Crippen molar-refractivity contribution >= 4 is 11.8 Å². The zero-order chi connectivity index (χ0) is 18.0. The largest absolute Gasteiger partial charge is 0.345 e. The quantitative estimate of drug-likeness (QED) is 0.919. The lowest BCUT2D eigenvalue weighted by atomic mass is 10.1. The van der Waals surface area contributed by atoms with E-state index in [9.17, 15) is 9.59 Å². The summed E-state index contributed by atoms with van der Waals surface area (Å²) in [7, 11) is 0. The maximum Gasteiger partial charge on any atom is 0.271 e. The van der Waals surface area contributed by atoms with Crippen molar-refractivity contribution in [3.05, 3.63) is 47.8 Å². The van der Waals surface area contributed by atoms with E-state index in [1.54, 1.807) is 12.4 Å². The second-order valence-electron chi connectivity index (χ2n) is 6.54. The average Bonchev–Trinajstić information content (AvgIpc) is 3.05. The second kappa shape index (κ2) is 7.04. The summed E-state index contributed by atoms with van der Waals surface area (Å²) in [5.41, 5.74) is 1.17. The molecule has 0 aliphatic carbocycles. The van der Waals surface area contributed by atoms with Crippen molar-refractivity contribution in [2.45, 2.75) is 39.9 Å². The summed E-state index contributed by atoms with van der Waals surface area (Å²) in [6.07, 6.45) is 3.45. The predicted molar refractivity (Wildman–Crippen MR) is 92.6 cm³/mol. The number of aromatic nitrogens is 3. The van der Waals surface area contributed by atoms with Crippen LogP contribution in [0.25, 0.3) is 0 Å². The van der Waals surface area contributed by atoms with E-state index in [1.807, 2.05) is 48.4 Å². The molecule has 2 aromatic heterocycles. The third-order valence-corrected chi connectivity index (χ3v) is 4.40. The van der Waals surface area contributed by atoms with E-state index in [1.165, 1.54) is 0 Å². The standard InChI is InChI=1S/C18H23N5O2/c1-12(2)18(25)23-9-8-22-11-15(21-16(22)13(23)3)17(24)20-10-14-6-4-5-7-19-14/h4-7,11-13H,8-10H2,1-3H3,(H,20,24). The van der Waals surface area contributed by atoms with Gasteiger partial charge < -0.3 is 14.8 Å². The third-order valence-electron chi connectivity index (χ3n) is 4.40. The molecule has 0 radical (unpaired) electrons. The number of carbonyl (C=O) groups excluding carboxylic acids is 2. The van der Waals surface area contributed by atoms with Crippen LogP contribution in [0.3, 0.4) is 0 Å². The number of carbonyl (C=O) groups is 2. The van der Waals surface area contributed by atoms with E-state index < -0.39 is 0 Å². The number of rotatable bonds is 4. The molecular formula is C18H23N5O2. The van der Waals surface area contributed by atoms with Gasteiger partial charge in [-0.15, -0.1) is 0 Å². The highest BCUT2D eigenvalue weighted by molar-refractivity contribution is 5.92. The summed E-state index contributed by atoms with van der Waals surface area (Å²) in [5.74, 6) is 0.581. The molecule has 3 rings (SSSR count). The van der Waals surface area contributed by atoms with Crippen LogP contribution in [0.1, 0.15) is 48.8 Å². The zero-order valence-corrected chi connectivity index (χ0v) is 14.8. The van der Waals surface area contributed by atoms with Gasteiger partial charge in [0.2, 0.25) is 5.91 Å². The Bertz CT molecular complexity index is 769. The van der Waals surface area contributed by atoms with Crippen molar-refractivity contribution < 1.29 is 9.59 Å². The van der Waals surface area contributed by atoms with E-state index in [-0.39, 0.29) is 23.8 Å². The van der Waals surface area contributed by atoms with Gasteiger partial charge in [0.05, 0.1) is 18.3 Å². The first-order chi connectivity index (χ1) is 12.0. The zero-order valence-electron chi connectivity index (χ0n) is 14.8. The van der Waals surface area contributed by atoms with E-state index in [0.717, 1.165) is 11.5 Å². The third kappa shape index (κ3) is 3.55. The molecule has 1 aliphatic heterocycles. The molecule has 0 aromatic carbocycles. The van der Waals surface area contributed by atoms with Gasteiger partial charge in [-0.05, 0) is 19.1 Å². The number of amides is 2. The first-order valence-corrected chi connectivity index (χ1v) is 8.53. The van der Waals surface area contributed by atoms with E-state index >= 15 is 0 Å². The minimum atomic E-state index is -0.235. The van der Waals surface area contributed by atoms with Gasteiger partial charge in [-0.2, -0.15) is 0 Å². The van der Waals surface area contributed by atoms with Crippen molar-refractivity contribution in [1.82, 2.24) is 24.8 Å². The first kappa shape index (κ1) is 17.1. The van der Waals surface area contributed by atoms with Crippen LogP contribution in [0.15, 0.2) is 30.6 Å². The molecule has 7 heteroatoms. The highest BCUT2D eigenvalue weighted by Crippen LogP contribution is 2.26. The van der Waals surface area contributed by atoms with Gasteiger partial charge in [0.1, 0.15) is 11.5 Å². The number of fused-ring (bicyclic) bond motifs is 1. The van der Waals surface area contributed by atoms with Crippen molar-refractivity contribution in [3.8, 4) is 0 Å². The molecule has 0 spiro atoms. The molecule has 0 saturated heterocycles. The lowest BCUT2D eigenvalue weighted by molar-refractivity contribution is -0.137. The number of pyridine rings is 1. The number of nitrogens with zero attached hydrogens (tertiary/aromatic N) is 4. The Morgan fingerprint density at radius 2 is 2.12 bits per heavy atom. The Hall–Kier alpha value is -2.70. The second-order valence-corrected chi connectivity index (χ2v) is 6.54. The highest BCUT2D eigenvalue weighted by atomic mass is 16.2. The Morgan fingerprint density at radius 1 is 1.32 bits per heavy atom. The van der Waals surface area contributed by atoms with E-state index in [0.29, 0.717) is 25.3 Å². The van der Waals surface area contributed by atoms with Gasteiger partial charge in [-0.3, -0.25) is 14.6 Å². The van der Waals surface area contributed by atoms with Crippen LogP contribution in [0.4, 0.5) is 0 Å². The van der Waals surface area contributed by atoms with E-state index in [2.05, 4.69) is 15.3 Å². The summed E-state index contributed by atoms with van der Waals surface area (Å²) in [6, 6.07) is 5.43. The summed E-state index contributed by atoms with van der Waals surface area (Å²) < 4.78 is 1.96. The van der Waals surface area contributed by atoms with Gasteiger partial charge in [0, 0.05) is 31.4 Å². The molecule has 2 aromatic rings. The van der Waals surface area contributed by atoms with Crippen LogP contribution in [0.2, 0.25) is 0 Å². The fourth-order valence-electron chi connectivity index (χ4n) is 3.00. The molecule has 0 saturated carbocycles. The van der Waals surface area contributed by atoms with Gasteiger partial charge in [-0.1, -0.05) is 19.9 Å². The topological polar surface area (TPSA) is 80.1 Å². The molecule has 2 amide bonds. The van der Waals surface area contributed by atoms with Crippen molar-refractivity contribution in [2.24, 2.45) is 5.92 Å². The van der Waals surface area contributed by atoms with E-state index in [4.69, 9.17) is 0 Å². The lowest BCUT2D eigenvalue weighted by Crippen LogP contribution is -2.42. The summed E-state index contributed by atoms with van der Waals surface area (Å²) >= 11 is 0. The monoisotopic (exact) mass is 341 g/mol. The van der Waals surface area contributed by atoms with Gasteiger partial charge in [0.25, 0.3) is 5.91 Å². The average molecular weight is 341 g/mol. The minimum Gasteiger partial charge on any atom is -0.345 e. The predicted octanol–water partition coefficient (Wildman–Crippen LogP) is 1.77. The van der Waals surface area contributed by atoms with Crippen LogP contribution >= 0.6 is 0 Å². The maximum atomic E-state index is 12.4. The summed E-state index contributed by atoms with van der Waals surface area (Å²) in [5, 5.41) is 2.83. The molecule has 0 fully saturated rings. The Morgan fingerprint density at radius 3 is 2.80 bits per heavy atom. The summed E-state index contributed by atoms with van der Waals surface area (Å²) in [4.78, 5) is 35.2. The van der Waals surface area contributed by atoms with Gasteiger partial charge >= 0.3 is 0 Å². The normalized spacial score (nSPS) is 16.6. The number of hydrogen-bond donors (Lipinski definition) is 1. The summed E-state index contributed by atoms with van der Waals surface area (Å²) in [6.45, 7) is 7.39. The van der Waals surface area contributed by atoms with Crippen molar-refractivity contribution in [2.75, 3.05) is 6.54 Å². The Kier molecular flexibility index (Phi) is 4.83. The fourth-order valence-corrected chi connectivity index (χ4v) is 3.00. The van der Waals surface area contributed by atoms with Gasteiger partial charge in [0.15, 0.2) is 0 Å². The number of hydrogen-bond acceptors (Lipinski definition) is 4. The molecule has 1 aliphatic rings. The molecule has 7 nitrogen and oxygen atoms in total. The Labute approximate surface area is 147 Å². The van der Waals surface area contributed by atoms with Crippen molar-refractivity contribution in [3.63, 3.8) is 0 Å². The van der Waals surface area contributed by atoms with Crippen LogP contribution < -0.4 is 5.32 Å². The molecule has 132 valence electrons. The SMILES string of the molecule is CC(C)C(=O)N1CCn2cc(C(=O)NCc3ccccn3)nc2C1C. The molecule has 0 bridgehead atoms. The molecular weight excluding hydrogens is 318 g/mol. The first-order valence-electron chi connectivity index (χ1n) is 8.53. The smallest absolute Gasteiger partial charge is 0.271 e. The number of nitrogens with one attached hydrogen (secondary N) is 1. The molecule has 1 unspecified atom stereocenters. The lowest BCUT2D eigenvalue weighted by Gasteiger charge is -2.34. The van der Waals surface area contributed by atoms with Crippen molar-refractivity contribution in [1.29, 1.82) is 0 Å². The van der Waals surface area contributed by atoms with Crippen LogP contribution in [-0.4, -0.2) is 37.8 Å². The van der Waals surface area contributed by atoms with Crippen LogP contribution in [0, 0.1) is 5.92 Å². The number of imidazole rings is 1. The molecule has 1 atom stereocenters. The van der Waals surface area contributed by atoms with Gasteiger partial charge in [-0.25, -0.2) is 4.98 Å². The van der Waals surface area contributed by atoms with Crippen LogP contribution in [-0.2, 0) is 17.9 Å². The Balaban J connectivity index is 1.71. The maximum absolute atomic E-state index is 12.4. The molecule has 1 N–H and O–H groups in total. The fraction of sp³-hybridized carbons (Fsp3) is 0.444. The molecule has 25 heavy (non-hydrogen) atoms. The van der Waals surface area contributed by atoms with Crippen LogP contribution in [0.5, 0.6) is 0 Å². The molecule has 3 heterocycles.